The molecule has 1 nitrogen and oxygen atoms in total. The summed E-state index contributed by atoms with van der Waals surface area (Å²) in [4.78, 5) is 0. The Morgan fingerprint density at radius 2 is 1.06 bits per heavy atom. The standard InChI is InChI=1S/C15H32OS/c1-3-5-6-7-8-9-10-11-12-13-15-17(16)14-4-2/h3-15H2,1-2H3. The van der Waals surface area contributed by atoms with Crippen LogP contribution in [-0.2, 0) is 11.2 Å². The molecule has 0 N–H and O–H groups in total. The average Bonchev–Trinajstić information content (AvgIpc) is 2.32. The van der Waals surface area contributed by atoms with Crippen LogP contribution >= 0.6 is 0 Å². The van der Waals surface area contributed by atoms with Gasteiger partial charge in [0.25, 0.3) is 0 Å². The monoisotopic (exact) mass is 260 g/mol. The first kappa shape index (κ1) is 17.3. The largest absolute Gasteiger partial charge is 0.616 e. The Kier molecular flexibility index (Phi) is 14.6. The van der Waals surface area contributed by atoms with E-state index >= 15 is 0 Å². The van der Waals surface area contributed by atoms with Crippen LogP contribution in [0.5, 0.6) is 0 Å². The fourth-order valence-electron chi connectivity index (χ4n) is 2.08. The Morgan fingerprint density at radius 1 is 0.588 bits per heavy atom. The van der Waals surface area contributed by atoms with E-state index in [0.29, 0.717) is 0 Å². The van der Waals surface area contributed by atoms with Crippen molar-refractivity contribution in [1.29, 1.82) is 0 Å². The van der Waals surface area contributed by atoms with Gasteiger partial charge >= 0.3 is 0 Å². The molecule has 0 saturated carbocycles. The van der Waals surface area contributed by atoms with Gasteiger partial charge in [0, 0.05) is 0 Å². The van der Waals surface area contributed by atoms with E-state index in [1.54, 1.807) is 0 Å². The molecular weight excluding hydrogens is 228 g/mol. The van der Waals surface area contributed by atoms with Crippen LogP contribution in [0.3, 0.4) is 0 Å². The highest BCUT2D eigenvalue weighted by atomic mass is 32.2. The van der Waals surface area contributed by atoms with Crippen LogP contribution in [0.1, 0.15) is 84.5 Å². The third kappa shape index (κ3) is 14.2. The van der Waals surface area contributed by atoms with Gasteiger partial charge in [-0.05, 0) is 19.3 Å². The third-order valence-corrected chi connectivity index (χ3v) is 4.76. The lowest BCUT2D eigenvalue weighted by Gasteiger charge is -2.09. The lowest BCUT2D eigenvalue weighted by molar-refractivity contribution is 0.557. The van der Waals surface area contributed by atoms with Crippen molar-refractivity contribution >= 4 is 11.2 Å². The minimum atomic E-state index is -0.533. The van der Waals surface area contributed by atoms with Gasteiger partial charge in [-0.2, -0.15) is 0 Å². The quantitative estimate of drug-likeness (QED) is 0.335. The maximum atomic E-state index is 11.4. The summed E-state index contributed by atoms with van der Waals surface area (Å²) in [6, 6.07) is 0. The van der Waals surface area contributed by atoms with Crippen LogP contribution in [0, 0.1) is 0 Å². The number of rotatable bonds is 13. The Bertz CT molecular complexity index is 139. The molecule has 0 spiro atoms. The summed E-state index contributed by atoms with van der Waals surface area (Å²) in [7, 11) is 0. The maximum Gasteiger partial charge on any atom is 0.105 e. The van der Waals surface area contributed by atoms with E-state index in [9.17, 15) is 4.55 Å². The molecule has 0 saturated heterocycles. The molecule has 1 atom stereocenters. The van der Waals surface area contributed by atoms with Gasteiger partial charge in [-0.15, -0.1) is 0 Å². The fraction of sp³-hybridized carbons (Fsp3) is 1.00. The summed E-state index contributed by atoms with van der Waals surface area (Å²) in [5.74, 6) is 1.84. The molecule has 104 valence electrons. The van der Waals surface area contributed by atoms with Crippen LogP contribution in [0.4, 0.5) is 0 Å². The Hall–Kier alpha value is 0.310. The number of hydrogen-bond acceptors (Lipinski definition) is 1. The summed E-state index contributed by atoms with van der Waals surface area (Å²) in [6.07, 6.45) is 14.7. The summed E-state index contributed by atoms with van der Waals surface area (Å²) in [5, 5.41) is 0. The van der Waals surface area contributed by atoms with Crippen LogP contribution < -0.4 is 0 Å². The Morgan fingerprint density at radius 3 is 1.53 bits per heavy atom. The zero-order valence-electron chi connectivity index (χ0n) is 12.0. The van der Waals surface area contributed by atoms with Crippen molar-refractivity contribution in [2.45, 2.75) is 84.5 Å². The molecule has 1 unspecified atom stereocenters. The van der Waals surface area contributed by atoms with Gasteiger partial charge in [-0.3, -0.25) is 0 Å². The Balaban J connectivity index is 2.98. The predicted octanol–water partition coefficient (Wildman–Crippen LogP) is 5.07. The van der Waals surface area contributed by atoms with Crippen molar-refractivity contribution in [3.8, 4) is 0 Å². The van der Waals surface area contributed by atoms with Gasteiger partial charge in [-0.25, -0.2) is 0 Å². The van der Waals surface area contributed by atoms with Gasteiger partial charge in [0.2, 0.25) is 0 Å². The fourth-order valence-corrected chi connectivity index (χ4v) is 3.27. The van der Waals surface area contributed by atoms with Gasteiger partial charge in [0.05, 0.1) is 0 Å². The minimum absolute atomic E-state index is 0.533. The zero-order chi connectivity index (χ0) is 12.8. The molecule has 0 aliphatic rings. The van der Waals surface area contributed by atoms with Crippen molar-refractivity contribution in [2.75, 3.05) is 11.5 Å². The van der Waals surface area contributed by atoms with Crippen molar-refractivity contribution in [2.24, 2.45) is 0 Å². The molecule has 2 heteroatoms. The maximum absolute atomic E-state index is 11.4. The summed E-state index contributed by atoms with van der Waals surface area (Å²) < 4.78 is 11.4. The van der Waals surface area contributed by atoms with Crippen molar-refractivity contribution in [3.63, 3.8) is 0 Å². The van der Waals surface area contributed by atoms with E-state index in [-0.39, 0.29) is 0 Å². The van der Waals surface area contributed by atoms with E-state index in [2.05, 4.69) is 13.8 Å². The molecule has 0 rings (SSSR count). The second-order valence-corrected chi connectivity index (χ2v) is 6.73. The van der Waals surface area contributed by atoms with Crippen LogP contribution in [0.25, 0.3) is 0 Å². The second-order valence-electron chi connectivity index (χ2n) is 5.03. The molecule has 17 heavy (non-hydrogen) atoms. The highest BCUT2D eigenvalue weighted by Crippen LogP contribution is 2.11. The molecular formula is C15H32OS. The normalized spacial score (nSPS) is 12.9. The zero-order valence-corrected chi connectivity index (χ0v) is 12.8. The van der Waals surface area contributed by atoms with Gasteiger partial charge in [-0.1, -0.05) is 76.4 Å². The predicted molar refractivity (Wildman–Crippen MR) is 80.0 cm³/mol. The highest BCUT2D eigenvalue weighted by Gasteiger charge is 2.02. The summed E-state index contributed by atoms with van der Waals surface area (Å²) in [6.45, 7) is 4.37. The van der Waals surface area contributed by atoms with Gasteiger partial charge < -0.3 is 4.55 Å². The van der Waals surface area contributed by atoms with Crippen LogP contribution in [0.15, 0.2) is 0 Å². The van der Waals surface area contributed by atoms with Gasteiger partial charge in [0.15, 0.2) is 0 Å². The van der Waals surface area contributed by atoms with Crippen molar-refractivity contribution in [1.82, 2.24) is 0 Å². The SMILES string of the molecule is CCCCCCCCCCCC[S+]([O-])CCC. The lowest BCUT2D eigenvalue weighted by atomic mass is 10.1. The number of unbranched alkanes of at least 4 members (excludes halogenated alkanes) is 9. The molecule has 0 aromatic heterocycles. The average molecular weight is 260 g/mol. The van der Waals surface area contributed by atoms with Crippen molar-refractivity contribution in [3.05, 3.63) is 0 Å². The lowest BCUT2D eigenvalue weighted by Crippen LogP contribution is -2.10. The first-order valence-corrected chi connectivity index (χ1v) is 9.15. The molecule has 0 heterocycles. The van der Waals surface area contributed by atoms with Crippen LogP contribution in [0.2, 0.25) is 0 Å². The molecule has 0 amide bonds. The highest BCUT2D eigenvalue weighted by molar-refractivity contribution is 7.91. The topological polar surface area (TPSA) is 23.1 Å². The van der Waals surface area contributed by atoms with E-state index < -0.39 is 11.2 Å². The number of hydrogen-bond donors (Lipinski definition) is 0. The summed E-state index contributed by atoms with van der Waals surface area (Å²) >= 11 is -0.533. The first-order valence-electron chi connectivity index (χ1n) is 7.66. The molecule has 0 aromatic carbocycles. The minimum Gasteiger partial charge on any atom is -0.616 e. The Labute approximate surface area is 112 Å². The van der Waals surface area contributed by atoms with E-state index in [4.69, 9.17) is 0 Å². The third-order valence-electron chi connectivity index (χ3n) is 3.16. The second kappa shape index (κ2) is 14.4. The van der Waals surface area contributed by atoms with E-state index in [0.717, 1.165) is 17.9 Å². The molecule has 0 aliphatic carbocycles. The summed E-state index contributed by atoms with van der Waals surface area (Å²) in [5.41, 5.74) is 0. The smallest absolute Gasteiger partial charge is 0.105 e. The molecule has 0 radical (unpaired) electrons. The van der Waals surface area contributed by atoms with Crippen LogP contribution in [-0.4, -0.2) is 16.1 Å². The molecule has 0 aromatic rings. The molecule has 0 fully saturated rings. The first-order chi connectivity index (χ1) is 8.31. The van der Waals surface area contributed by atoms with Gasteiger partial charge in [0.1, 0.15) is 11.5 Å². The van der Waals surface area contributed by atoms with Crippen molar-refractivity contribution < 1.29 is 4.55 Å². The molecule has 0 bridgehead atoms. The van der Waals surface area contributed by atoms with E-state index in [1.807, 2.05) is 0 Å². The molecule has 0 aliphatic heterocycles. The van der Waals surface area contributed by atoms with E-state index in [1.165, 1.54) is 64.2 Å².